The van der Waals surface area contributed by atoms with Crippen LogP contribution < -0.4 is 5.63 Å². The van der Waals surface area contributed by atoms with E-state index in [-0.39, 0.29) is 12.2 Å². The van der Waals surface area contributed by atoms with Crippen molar-refractivity contribution < 1.29 is 9.52 Å². The molecule has 0 aliphatic heterocycles. The van der Waals surface area contributed by atoms with Crippen LogP contribution in [0.4, 0.5) is 0 Å². The highest BCUT2D eigenvalue weighted by Crippen LogP contribution is 2.29. The summed E-state index contributed by atoms with van der Waals surface area (Å²) in [5.74, 6) is 0. The lowest BCUT2D eigenvalue weighted by Gasteiger charge is -2.21. The standard InChI is InChI=1S/C17H21NO3/c1-2-12-3-6-15-13(10-17(20)21-16(15)9-12)11-18(7-8-19)14-4-5-14/h3,6,9-10,14,19H,2,4-5,7-8,11H2,1H3. The Morgan fingerprint density at radius 1 is 1.33 bits per heavy atom. The van der Waals surface area contributed by atoms with Crippen molar-refractivity contribution >= 4 is 11.0 Å². The van der Waals surface area contributed by atoms with Gasteiger partial charge in [-0.25, -0.2) is 4.79 Å². The van der Waals surface area contributed by atoms with E-state index in [4.69, 9.17) is 4.42 Å². The fourth-order valence-corrected chi connectivity index (χ4v) is 2.80. The number of hydrogen-bond donors (Lipinski definition) is 1. The van der Waals surface area contributed by atoms with Gasteiger partial charge >= 0.3 is 5.63 Å². The van der Waals surface area contributed by atoms with Crippen LogP contribution in [0.5, 0.6) is 0 Å². The molecule has 0 radical (unpaired) electrons. The minimum Gasteiger partial charge on any atom is -0.423 e. The van der Waals surface area contributed by atoms with Crippen molar-refractivity contribution in [3.8, 4) is 0 Å². The minimum absolute atomic E-state index is 0.149. The van der Waals surface area contributed by atoms with E-state index in [1.807, 2.05) is 12.1 Å². The molecule has 21 heavy (non-hydrogen) atoms. The maximum absolute atomic E-state index is 11.8. The van der Waals surface area contributed by atoms with Crippen molar-refractivity contribution in [2.45, 2.75) is 38.8 Å². The zero-order chi connectivity index (χ0) is 14.8. The lowest BCUT2D eigenvalue weighted by molar-refractivity contribution is 0.183. The number of rotatable bonds is 6. The van der Waals surface area contributed by atoms with Gasteiger partial charge in [-0.2, -0.15) is 0 Å². The molecule has 0 spiro atoms. The lowest BCUT2D eigenvalue weighted by Crippen LogP contribution is -2.29. The summed E-state index contributed by atoms with van der Waals surface area (Å²) in [7, 11) is 0. The van der Waals surface area contributed by atoms with Crippen LogP contribution in [-0.2, 0) is 13.0 Å². The third kappa shape index (κ3) is 3.17. The Kier molecular flexibility index (Phi) is 4.08. The molecule has 4 heteroatoms. The zero-order valence-electron chi connectivity index (χ0n) is 12.3. The first-order valence-corrected chi connectivity index (χ1v) is 7.62. The molecule has 1 heterocycles. The maximum Gasteiger partial charge on any atom is 0.336 e. The van der Waals surface area contributed by atoms with E-state index in [9.17, 15) is 9.90 Å². The SMILES string of the molecule is CCc1ccc2c(CN(CCO)C3CC3)cc(=O)oc2c1. The predicted octanol–water partition coefficient (Wildman–Crippen LogP) is 2.31. The number of aliphatic hydroxyl groups is 1. The summed E-state index contributed by atoms with van der Waals surface area (Å²) in [5.41, 5.74) is 2.52. The van der Waals surface area contributed by atoms with Gasteiger partial charge in [0.05, 0.1) is 6.61 Å². The highest BCUT2D eigenvalue weighted by Gasteiger charge is 2.28. The molecule has 1 aromatic heterocycles. The van der Waals surface area contributed by atoms with Crippen LogP contribution in [0.2, 0.25) is 0 Å². The van der Waals surface area contributed by atoms with Gasteiger partial charge in [-0.05, 0) is 36.5 Å². The molecule has 4 nitrogen and oxygen atoms in total. The number of aliphatic hydroxyl groups excluding tert-OH is 1. The average molecular weight is 287 g/mol. The van der Waals surface area contributed by atoms with Crippen LogP contribution in [0.15, 0.2) is 33.5 Å². The quantitative estimate of drug-likeness (QED) is 0.828. The summed E-state index contributed by atoms with van der Waals surface area (Å²) < 4.78 is 5.34. The van der Waals surface area contributed by atoms with Crippen molar-refractivity contribution in [1.29, 1.82) is 0 Å². The Balaban J connectivity index is 1.98. The predicted molar refractivity (Wildman–Crippen MR) is 82.4 cm³/mol. The Morgan fingerprint density at radius 3 is 2.81 bits per heavy atom. The molecule has 2 aromatic rings. The van der Waals surface area contributed by atoms with Crippen molar-refractivity contribution in [1.82, 2.24) is 4.90 Å². The van der Waals surface area contributed by atoms with Gasteiger partial charge in [0.1, 0.15) is 5.58 Å². The molecule has 1 saturated carbocycles. The van der Waals surface area contributed by atoms with Gasteiger partial charge in [0.2, 0.25) is 0 Å². The third-order valence-corrected chi connectivity index (χ3v) is 4.13. The van der Waals surface area contributed by atoms with Gasteiger partial charge in [-0.15, -0.1) is 0 Å². The Labute approximate surface area is 124 Å². The van der Waals surface area contributed by atoms with E-state index in [0.29, 0.717) is 24.7 Å². The molecule has 1 aliphatic rings. The highest BCUT2D eigenvalue weighted by molar-refractivity contribution is 5.80. The number of fused-ring (bicyclic) bond motifs is 1. The normalized spacial score (nSPS) is 15.0. The van der Waals surface area contributed by atoms with E-state index in [1.165, 1.54) is 12.8 Å². The van der Waals surface area contributed by atoms with Crippen LogP contribution in [0, 0.1) is 0 Å². The Morgan fingerprint density at radius 2 is 2.14 bits per heavy atom. The molecule has 1 aromatic carbocycles. The van der Waals surface area contributed by atoms with Gasteiger partial charge in [0.15, 0.2) is 0 Å². The van der Waals surface area contributed by atoms with E-state index in [1.54, 1.807) is 6.07 Å². The molecule has 1 N–H and O–H groups in total. The second-order valence-electron chi connectivity index (χ2n) is 5.70. The average Bonchev–Trinajstić information content (AvgIpc) is 3.30. The topological polar surface area (TPSA) is 53.7 Å². The molecular weight excluding hydrogens is 266 g/mol. The lowest BCUT2D eigenvalue weighted by atomic mass is 10.1. The molecule has 0 unspecified atom stereocenters. The van der Waals surface area contributed by atoms with Crippen LogP contribution in [0.25, 0.3) is 11.0 Å². The number of aryl methyl sites for hydroxylation is 1. The van der Waals surface area contributed by atoms with Crippen molar-refractivity contribution in [3.63, 3.8) is 0 Å². The summed E-state index contributed by atoms with van der Waals surface area (Å²) in [6.07, 6.45) is 3.28. The second-order valence-corrected chi connectivity index (χ2v) is 5.70. The minimum atomic E-state index is -0.300. The van der Waals surface area contributed by atoms with Crippen molar-refractivity contribution in [2.24, 2.45) is 0 Å². The van der Waals surface area contributed by atoms with E-state index in [2.05, 4.69) is 17.9 Å². The fraction of sp³-hybridized carbons (Fsp3) is 0.471. The molecule has 0 saturated heterocycles. The van der Waals surface area contributed by atoms with E-state index in [0.717, 1.165) is 22.9 Å². The van der Waals surface area contributed by atoms with Gasteiger partial charge in [0, 0.05) is 30.6 Å². The summed E-state index contributed by atoms with van der Waals surface area (Å²) in [4.78, 5) is 14.0. The first kappa shape index (κ1) is 14.3. The number of hydrogen-bond acceptors (Lipinski definition) is 4. The van der Waals surface area contributed by atoms with E-state index < -0.39 is 0 Å². The Bertz CT molecular complexity index is 688. The van der Waals surface area contributed by atoms with Crippen molar-refractivity contribution in [2.75, 3.05) is 13.2 Å². The first-order chi connectivity index (χ1) is 10.2. The summed E-state index contributed by atoms with van der Waals surface area (Å²) in [6, 6.07) is 8.21. The largest absolute Gasteiger partial charge is 0.423 e. The maximum atomic E-state index is 11.8. The number of benzene rings is 1. The monoisotopic (exact) mass is 287 g/mol. The molecule has 1 aliphatic carbocycles. The van der Waals surface area contributed by atoms with Gasteiger partial charge < -0.3 is 9.52 Å². The molecular formula is C17H21NO3. The summed E-state index contributed by atoms with van der Waals surface area (Å²) in [5, 5.41) is 10.2. The zero-order valence-corrected chi connectivity index (χ0v) is 12.3. The van der Waals surface area contributed by atoms with E-state index >= 15 is 0 Å². The van der Waals surface area contributed by atoms with Crippen LogP contribution in [0.3, 0.4) is 0 Å². The highest BCUT2D eigenvalue weighted by atomic mass is 16.4. The third-order valence-electron chi connectivity index (χ3n) is 4.13. The van der Waals surface area contributed by atoms with Gasteiger partial charge in [-0.3, -0.25) is 4.90 Å². The molecule has 0 atom stereocenters. The first-order valence-electron chi connectivity index (χ1n) is 7.62. The molecule has 3 rings (SSSR count). The smallest absolute Gasteiger partial charge is 0.336 e. The van der Waals surface area contributed by atoms with Gasteiger partial charge in [-0.1, -0.05) is 19.1 Å². The molecule has 0 amide bonds. The van der Waals surface area contributed by atoms with Crippen LogP contribution >= 0.6 is 0 Å². The molecule has 1 fully saturated rings. The van der Waals surface area contributed by atoms with Crippen LogP contribution in [0.1, 0.15) is 30.9 Å². The fourth-order valence-electron chi connectivity index (χ4n) is 2.80. The second kappa shape index (κ2) is 6.00. The Hall–Kier alpha value is -1.65. The molecule has 0 bridgehead atoms. The number of nitrogens with zero attached hydrogens (tertiary/aromatic N) is 1. The molecule has 112 valence electrons. The van der Waals surface area contributed by atoms with Crippen LogP contribution in [-0.4, -0.2) is 29.2 Å². The van der Waals surface area contributed by atoms with Gasteiger partial charge in [0.25, 0.3) is 0 Å². The summed E-state index contributed by atoms with van der Waals surface area (Å²) >= 11 is 0. The summed E-state index contributed by atoms with van der Waals surface area (Å²) in [6.45, 7) is 3.58. The van der Waals surface area contributed by atoms with Crippen molar-refractivity contribution in [3.05, 3.63) is 45.8 Å².